The van der Waals surface area contributed by atoms with Gasteiger partial charge in [0.25, 0.3) is 0 Å². The van der Waals surface area contributed by atoms with E-state index in [-0.39, 0.29) is 24.2 Å². The molecule has 0 aliphatic heterocycles. The first-order valence-corrected chi connectivity index (χ1v) is 7.42. The van der Waals surface area contributed by atoms with Crippen LogP contribution in [0.1, 0.15) is 26.7 Å². The summed E-state index contributed by atoms with van der Waals surface area (Å²) in [7, 11) is 1.59. The number of carbonyl (C=O) groups is 2. The molecule has 0 heterocycles. The number of ether oxygens (including phenoxy) is 1. The maximum atomic E-state index is 11.9. The van der Waals surface area contributed by atoms with Gasteiger partial charge in [0.15, 0.2) is 0 Å². The molecule has 0 saturated heterocycles. The number of nitrogens with two attached hydrogens (primary N) is 1. The van der Waals surface area contributed by atoms with E-state index in [1.54, 1.807) is 31.3 Å². The summed E-state index contributed by atoms with van der Waals surface area (Å²) in [5.41, 5.74) is 6.50. The van der Waals surface area contributed by atoms with Crippen molar-refractivity contribution in [2.75, 3.05) is 19.0 Å². The van der Waals surface area contributed by atoms with Crippen molar-refractivity contribution in [1.29, 1.82) is 0 Å². The standard InChI is InChI=1S/C16H25N3O3.ClH/c1-11(2)10-14(17)16(21)19-12-4-6-13(7-5-12)22-9-8-15(20)18-3;/h4-7,11,14H,8-10,17H2,1-3H3,(H,18,20)(H,19,21);1H/t14-;/m0./s1. The highest BCUT2D eigenvalue weighted by molar-refractivity contribution is 5.94. The fourth-order valence-corrected chi connectivity index (χ4v) is 1.87. The minimum Gasteiger partial charge on any atom is -0.493 e. The van der Waals surface area contributed by atoms with Gasteiger partial charge in [0, 0.05) is 12.7 Å². The second-order valence-corrected chi connectivity index (χ2v) is 5.52. The molecule has 0 fully saturated rings. The summed E-state index contributed by atoms with van der Waals surface area (Å²) in [6.45, 7) is 4.36. The Morgan fingerprint density at radius 2 is 1.83 bits per heavy atom. The van der Waals surface area contributed by atoms with Crippen molar-refractivity contribution in [3.05, 3.63) is 24.3 Å². The van der Waals surface area contributed by atoms with Gasteiger partial charge in [-0.05, 0) is 36.6 Å². The minimum absolute atomic E-state index is 0. The zero-order valence-corrected chi connectivity index (χ0v) is 14.6. The predicted octanol–water partition coefficient (Wildman–Crippen LogP) is 1.94. The molecule has 0 unspecified atom stereocenters. The Balaban J connectivity index is 0.00000484. The van der Waals surface area contributed by atoms with E-state index in [0.717, 1.165) is 0 Å². The zero-order chi connectivity index (χ0) is 16.5. The van der Waals surface area contributed by atoms with Crippen LogP contribution < -0.4 is 21.1 Å². The second-order valence-electron chi connectivity index (χ2n) is 5.52. The summed E-state index contributed by atoms with van der Waals surface area (Å²) < 4.78 is 5.44. The number of amides is 2. The molecule has 23 heavy (non-hydrogen) atoms. The van der Waals surface area contributed by atoms with Crippen LogP contribution in [0.4, 0.5) is 5.69 Å². The van der Waals surface area contributed by atoms with Crippen LogP contribution in [0.15, 0.2) is 24.3 Å². The molecule has 130 valence electrons. The van der Waals surface area contributed by atoms with Crippen LogP contribution in [0.2, 0.25) is 0 Å². The highest BCUT2D eigenvalue weighted by Gasteiger charge is 2.14. The SMILES string of the molecule is CNC(=O)CCOc1ccc(NC(=O)[C@@H](N)CC(C)C)cc1.Cl. The average molecular weight is 344 g/mol. The van der Waals surface area contributed by atoms with Gasteiger partial charge in [0.2, 0.25) is 11.8 Å². The van der Waals surface area contributed by atoms with Crippen LogP contribution in [0.5, 0.6) is 5.75 Å². The Morgan fingerprint density at radius 1 is 1.22 bits per heavy atom. The third-order valence-corrected chi connectivity index (χ3v) is 3.06. The normalized spacial score (nSPS) is 11.3. The van der Waals surface area contributed by atoms with Gasteiger partial charge in [0.1, 0.15) is 5.75 Å². The van der Waals surface area contributed by atoms with E-state index in [4.69, 9.17) is 10.5 Å². The first-order valence-electron chi connectivity index (χ1n) is 7.42. The molecule has 1 rings (SSSR count). The molecule has 1 atom stereocenters. The molecule has 0 aliphatic carbocycles. The summed E-state index contributed by atoms with van der Waals surface area (Å²) in [5.74, 6) is 0.759. The number of anilines is 1. The highest BCUT2D eigenvalue weighted by Crippen LogP contribution is 2.16. The Hall–Kier alpha value is -1.79. The topological polar surface area (TPSA) is 93.5 Å². The third kappa shape index (κ3) is 8.42. The monoisotopic (exact) mass is 343 g/mol. The molecule has 0 bridgehead atoms. The molecule has 6 nitrogen and oxygen atoms in total. The van der Waals surface area contributed by atoms with Crippen LogP contribution >= 0.6 is 12.4 Å². The summed E-state index contributed by atoms with van der Waals surface area (Å²) in [5, 5.41) is 5.30. The van der Waals surface area contributed by atoms with Crippen molar-refractivity contribution in [2.24, 2.45) is 11.7 Å². The fraction of sp³-hybridized carbons (Fsp3) is 0.500. The molecule has 0 radical (unpaired) electrons. The minimum atomic E-state index is -0.511. The molecule has 0 aromatic heterocycles. The van der Waals surface area contributed by atoms with Gasteiger partial charge in [0.05, 0.1) is 19.1 Å². The van der Waals surface area contributed by atoms with Crippen LogP contribution in [0.3, 0.4) is 0 Å². The lowest BCUT2D eigenvalue weighted by Crippen LogP contribution is -2.36. The van der Waals surface area contributed by atoms with Crippen molar-refractivity contribution in [2.45, 2.75) is 32.7 Å². The Morgan fingerprint density at radius 3 is 2.35 bits per heavy atom. The Bertz CT molecular complexity index is 492. The van der Waals surface area contributed by atoms with E-state index in [1.807, 2.05) is 13.8 Å². The smallest absolute Gasteiger partial charge is 0.241 e. The molecule has 2 amide bonds. The molecule has 1 aromatic carbocycles. The van der Waals surface area contributed by atoms with Crippen LogP contribution in [0, 0.1) is 5.92 Å². The van der Waals surface area contributed by atoms with Crippen LogP contribution in [0.25, 0.3) is 0 Å². The van der Waals surface area contributed by atoms with E-state index in [2.05, 4.69) is 10.6 Å². The van der Waals surface area contributed by atoms with Crippen LogP contribution in [-0.4, -0.2) is 31.5 Å². The molecule has 4 N–H and O–H groups in total. The lowest BCUT2D eigenvalue weighted by Gasteiger charge is -2.14. The molecule has 0 spiro atoms. The largest absolute Gasteiger partial charge is 0.493 e. The summed E-state index contributed by atoms with van der Waals surface area (Å²) >= 11 is 0. The number of nitrogens with one attached hydrogen (secondary N) is 2. The molecular formula is C16H26ClN3O3. The molecular weight excluding hydrogens is 318 g/mol. The number of halogens is 1. The van der Waals surface area contributed by atoms with Crippen LogP contribution in [-0.2, 0) is 9.59 Å². The number of hydrogen-bond acceptors (Lipinski definition) is 4. The van der Waals surface area contributed by atoms with E-state index < -0.39 is 6.04 Å². The first-order chi connectivity index (χ1) is 10.4. The lowest BCUT2D eigenvalue weighted by atomic mass is 10.0. The second kappa shape index (κ2) is 10.9. The Kier molecular flexibility index (Phi) is 10.0. The molecule has 1 aromatic rings. The molecule has 0 saturated carbocycles. The van der Waals surface area contributed by atoms with Crippen molar-refractivity contribution in [1.82, 2.24) is 5.32 Å². The van der Waals surface area contributed by atoms with Gasteiger partial charge in [-0.1, -0.05) is 13.8 Å². The third-order valence-electron chi connectivity index (χ3n) is 3.06. The zero-order valence-electron chi connectivity index (χ0n) is 13.8. The van der Waals surface area contributed by atoms with Gasteiger partial charge in [-0.3, -0.25) is 9.59 Å². The van der Waals surface area contributed by atoms with E-state index in [9.17, 15) is 9.59 Å². The van der Waals surface area contributed by atoms with E-state index >= 15 is 0 Å². The van der Waals surface area contributed by atoms with Gasteiger partial charge >= 0.3 is 0 Å². The number of hydrogen-bond donors (Lipinski definition) is 3. The summed E-state index contributed by atoms with van der Waals surface area (Å²) in [6.07, 6.45) is 0.950. The van der Waals surface area contributed by atoms with E-state index in [0.29, 0.717) is 36.8 Å². The van der Waals surface area contributed by atoms with Gasteiger partial charge in [-0.2, -0.15) is 0 Å². The van der Waals surface area contributed by atoms with Crippen molar-refractivity contribution in [3.8, 4) is 5.75 Å². The number of carbonyl (C=O) groups excluding carboxylic acids is 2. The van der Waals surface area contributed by atoms with Crippen molar-refractivity contribution >= 4 is 29.9 Å². The Labute approximate surface area is 143 Å². The fourth-order valence-electron chi connectivity index (χ4n) is 1.87. The van der Waals surface area contributed by atoms with E-state index in [1.165, 1.54) is 0 Å². The number of rotatable bonds is 8. The average Bonchev–Trinajstić information content (AvgIpc) is 2.48. The van der Waals surface area contributed by atoms with Gasteiger partial charge < -0.3 is 21.1 Å². The maximum absolute atomic E-state index is 11.9. The summed E-state index contributed by atoms with van der Waals surface area (Å²) in [4.78, 5) is 23.0. The number of benzene rings is 1. The summed E-state index contributed by atoms with van der Waals surface area (Å²) in [6, 6.07) is 6.47. The van der Waals surface area contributed by atoms with Gasteiger partial charge in [-0.25, -0.2) is 0 Å². The predicted molar refractivity (Wildman–Crippen MR) is 93.9 cm³/mol. The highest BCUT2D eigenvalue weighted by atomic mass is 35.5. The maximum Gasteiger partial charge on any atom is 0.241 e. The first kappa shape index (κ1) is 21.2. The quantitative estimate of drug-likeness (QED) is 0.672. The van der Waals surface area contributed by atoms with Crippen molar-refractivity contribution < 1.29 is 14.3 Å². The molecule has 0 aliphatic rings. The lowest BCUT2D eigenvalue weighted by molar-refractivity contribution is -0.121. The van der Waals surface area contributed by atoms with Gasteiger partial charge in [-0.15, -0.1) is 12.4 Å². The molecule has 7 heteroatoms. The van der Waals surface area contributed by atoms with Crippen molar-refractivity contribution in [3.63, 3.8) is 0 Å².